The van der Waals surface area contributed by atoms with Crippen LogP contribution in [0.3, 0.4) is 0 Å². The third kappa shape index (κ3) is 2.89. The lowest BCUT2D eigenvalue weighted by Gasteiger charge is -2.25. The van der Waals surface area contributed by atoms with Crippen molar-refractivity contribution in [3.05, 3.63) is 0 Å². The van der Waals surface area contributed by atoms with Gasteiger partial charge in [0.15, 0.2) is 0 Å². The first-order valence-corrected chi connectivity index (χ1v) is 6.99. The SMILES string of the molecule is CN1C2CCC1CN(CCCCS)CC2. The second kappa shape index (κ2) is 5.55. The Morgan fingerprint density at radius 1 is 1.13 bits per heavy atom. The lowest BCUT2D eigenvalue weighted by Crippen LogP contribution is -2.37. The molecule has 88 valence electrons. The van der Waals surface area contributed by atoms with Gasteiger partial charge in [-0.2, -0.15) is 12.6 Å². The minimum absolute atomic E-state index is 0.841. The van der Waals surface area contributed by atoms with Gasteiger partial charge in [0.05, 0.1) is 0 Å². The maximum Gasteiger partial charge on any atom is 0.0223 e. The van der Waals surface area contributed by atoms with E-state index in [0.29, 0.717) is 0 Å². The van der Waals surface area contributed by atoms with E-state index in [1.165, 1.54) is 51.7 Å². The summed E-state index contributed by atoms with van der Waals surface area (Å²) in [6, 6.07) is 1.72. The molecule has 2 aliphatic rings. The molecule has 2 heterocycles. The van der Waals surface area contributed by atoms with Gasteiger partial charge in [-0.1, -0.05) is 0 Å². The fourth-order valence-corrected chi connectivity index (χ4v) is 3.25. The molecule has 15 heavy (non-hydrogen) atoms. The maximum absolute atomic E-state index is 4.27. The highest BCUT2D eigenvalue weighted by Crippen LogP contribution is 2.28. The largest absolute Gasteiger partial charge is 0.302 e. The van der Waals surface area contributed by atoms with E-state index in [4.69, 9.17) is 0 Å². The van der Waals surface area contributed by atoms with E-state index in [1.54, 1.807) is 0 Å². The van der Waals surface area contributed by atoms with Gasteiger partial charge in [-0.25, -0.2) is 0 Å². The van der Waals surface area contributed by atoms with Crippen LogP contribution in [-0.4, -0.2) is 54.3 Å². The van der Waals surface area contributed by atoms with Gasteiger partial charge in [-0.15, -0.1) is 0 Å². The normalized spacial score (nSPS) is 33.2. The second-order valence-electron chi connectivity index (χ2n) is 5.07. The van der Waals surface area contributed by atoms with Crippen molar-refractivity contribution in [1.82, 2.24) is 9.80 Å². The number of fused-ring (bicyclic) bond motifs is 2. The smallest absolute Gasteiger partial charge is 0.0223 e. The zero-order valence-corrected chi connectivity index (χ0v) is 10.8. The second-order valence-corrected chi connectivity index (χ2v) is 5.52. The molecule has 0 radical (unpaired) electrons. The Bertz CT molecular complexity index is 198. The summed E-state index contributed by atoms with van der Waals surface area (Å²) in [6.07, 6.45) is 6.83. The molecular weight excluding hydrogens is 204 g/mol. The molecule has 2 bridgehead atoms. The molecule has 2 fully saturated rings. The van der Waals surface area contributed by atoms with Crippen LogP contribution in [0.1, 0.15) is 32.1 Å². The number of rotatable bonds is 4. The van der Waals surface area contributed by atoms with Gasteiger partial charge in [0.2, 0.25) is 0 Å². The van der Waals surface area contributed by atoms with E-state index in [1.807, 2.05) is 0 Å². The molecule has 2 nitrogen and oxygen atoms in total. The predicted octanol–water partition coefficient (Wildman–Crippen LogP) is 1.86. The Balaban J connectivity index is 1.79. The lowest BCUT2D eigenvalue weighted by atomic mass is 10.1. The number of unbranched alkanes of at least 4 members (excludes halogenated alkanes) is 1. The summed E-state index contributed by atoms with van der Waals surface area (Å²) in [6.45, 7) is 3.91. The fraction of sp³-hybridized carbons (Fsp3) is 1.00. The molecule has 0 aromatic heterocycles. The van der Waals surface area contributed by atoms with Crippen LogP contribution >= 0.6 is 12.6 Å². The first-order valence-electron chi connectivity index (χ1n) is 6.36. The summed E-state index contributed by atoms with van der Waals surface area (Å²) < 4.78 is 0. The third-order valence-corrected chi connectivity index (χ3v) is 4.43. The topological polar surface area (TPSA) is 6.48 Å². The predicted molar refractivity (Wildman–Crippen MR) is 68.7 cm³/mol. The summed E-state index contributed by atoms with van der Waals surface area (Å²) in [4.78, 5) is 5.29. The van der Waals surface area contributed by atoms with Crippen molar-refractivity contribution >= 4 is 12.6 Å². The molecule has 0 aromatic rings. The molecule has 2 aliphatic heterocycles. The van der Waals surface area contributed by atoms with E-state index < -0.39 is 0 Å². The molecule has 0 aromatic carbocycles. The number of nitrogens with zero attached hydrogens (tertiary/aromatic N) is 2. The third-order valence-electron chi connectivity index (χ3n) is 4.12. The van der Waals surface area contributed by atoms with E-state index in [0.717, 1.165) is 17.8 Å². The minimum atomic E-state index is 0.841. The summed E-state index contributed by atoms with van der Waals surface area (Å²) in [5.74, 6) is 1.04. The van der Waals surface area contributed by atoms with Gasteiger partial charge in [0.1, 0.15) is 0 Å². The van der Waals surface area contributed by atoms with Crippen molar-refractivity contribution in [1.29, 1.82) is 0 Å². The van der Waals surface area contributed by atoms with E-state index in [9.17, 15) is 0 Å². The van der Waals surface area contributed by atoms with Crippen LogP contribution in [0, 0.1) is 0 Å². The van der Waals surface area contributed by atoms with E-state index in [2.05, 4.69) is 29.5 Å². The maximum atomic E-state index is 4.27. The van der Waals surface area contributed by atoms with Crippen molar-refractivity contribution in [2.45, 2.75) is 44.2 Å². The van der Waals surface area contributed by atoms with Crippen LogP contribution < -0.4 is 0 Å². The standard InChI is InChI=1S/C12H24N2S/c1-13-11-4-5-12(13)10-14(8-6-11)7-2-3-9-15/h11-12,15H,2-10H2,1H3. The Kier molecular flexibility index (Phi) is 4.35. The molecule has 2 rings (SSSR count). The number of thiol groups is 1. The zero-order valence-electron chi connectivity index (χ0n) is 9.86. The Labute approximate surface area is 99.4 Å². The number of likely N-dealkylation sites (tertiary alicyclic amines) is 1. The van der Waals surface area contributed by atoms with Crippen LogP contribution in [0.15, 0.2) is 0 Å². The molecular formula is C12H24N2S. The van der Waals surface area contributed by atoms with Gasteiger partial charge in [0, 0.05) is 18.6 Å². The molecule has 0 amide bonds. The molecule has 0 N–H and O–H groups in total. The summed E-state index contributed by atoms with van der Waals surface area (Å²) in [5, 5.41) is 0. The number of hydrogen-bond acceptors (Lipinski definition) is 3. The first kappa shape index (κ1) is 11.7. The Morgan fingerprint density at radius 3 is 2.73 bits per heavy atom. The number of hydrogen-bond donors (Lipinski definition) is 1. The highest BCUT2D eigenvalue weighted by Gasteiger charge is 2.34. The van der Waals surface area contributed by atoms with Crippen LogP contribution in [0.4, 0.5) is 0 Å². The highest BCUT2D eigenvalue weighted by atomic mass is 32.1. The number of likely N-dealkylation sites (N-methyl/N-ethyl adjacent to an activating group) is 1. The van der Waals surface area contributed by atoms with Gasteiger partial charge in [0.25, 0.3) is 0 Å². The molecule has 0 spiro atoms. The van der Waals surface area contributed by atoms with Crippen molar-refractivity contribution < 1.29 is 0 Å². The van der Waals surface area contributed by atoms with Gasteiger partial charge in [-0.3, -0.25) is 4.90 Å². The fourth-order valence-electron chi connectivity index (χ4n) is 3.03. The van der Waals surface area contributed by atoms with Crippen molar-refractivity contribution in [2.75, 3.05) is 32.4 Å². The summed E-state index contributed by atoms with van der Waals surface area (Å²) in [7, 11) is 2.32. The lowest BCUT2D eigenvalue weighted by molar-refractivity contribution is 0.217. The quantitative estimate of drug-likeness (QED) is 0.580. The minimum Gasteiger partial charge on any atom is -0.302 e. The Hall–Kier alpha value is 0.270. The summed E-state index contributed by atoms with van der Waals surface area (Å²) in [5.41, 5.74) is 0. The molecule has 2 saturated heterocycles. The highest BCUT2D eigenvalue weighted by molar-refractivity contribution is 7.80. The Morgan fingerprint density at radius 2 is 1.93 bits per heavy atom. The molecule has 0 saturated carbocycles. The van der Waals surface area contributed by atoms with E-state index >= 15 is 0 Å². The monoisotopic (exact) mass is 228 g/mol. The van der Waals surface area contributed by atoms with Gasteiger partial charge in [-0.05, 0) is 58.0 Å². The van der Waals surface area contributed by atoms with Gasteiger partial charge < -0.3 is 4.90 Å². The van der Waals surface area contributed by atoms with Crippen LogP contribution in [0.5, 0.6) is 0 Å². The molecule has 3 heteroatoms. The molecule has 0 aliphatic carbocycles. The summed E-state index contributed by atoms with van der Waals surface area (Å²) >= 11 is 4.27. The average molecular weight is 228 g/mol. The van der Waals surface area contributed by atoms with Crippen molar-refractivity contribution in [3.8, 4) is 0 Å². The van der Waals surface area contributed by atoms with Crippen LogP contribution in [0.25, 0.3) is 0 Å². The average Bonchev–Trinajstić information content (AvgIpc) is 2.46. The van der Waals surface area contributed by atoms with Crippen LogP contribution in [0.2, 0.25) is 0 Å². The molecule has 2 atom stereocenters. The first-order chi connectivity index (χ1) is 7.31. The van der Waals surface area contributed by atoms with Crippen molar-refractivity contribution in [3.63, 3.8) is 0 Å². The van der Waals surface area contributed by atoms with Crippen molar-refractivity contribution in [2.24, 2.45) is 0 Å². The van der Waals surface area contributed by atoms with E-state index in [-0.39, 0.29) is 0 Å². The van der Waals surface area contributed by atoms with Crippen LogP contribution in [-0.2, 0) is 0 Å². The van der Waals surface area contributed by atoms with Gasteiger partial charge >= 0.3 is 0 Å². The zero-order chi connectivity index (χ0) is 10.7. The molecule has 2 unspecified atom stereocenters.